The summed E-state index contributed by atoms with van der Waals surface area (Å²) in [6, 6.07) is 11.3. The van der Waals surface area contributed by atoms with Gasteiger partial charge in [0.2, 0.25) is 0 Å². The van der Waals surface area contributed by atoms with Crippen molar-refractivity contribution in [2.45, 2.75) is 18.9 Å². The van der Waals surface area contributed by atoms with Crippen LogP contribution in [-0.4, -0.2) is 22.6 Å². The van der Waals surface area contributed by atoms with Crippen LogP contribution < -0.4 is 4.90 Å². The highest BCUT2D eigenvalue weighted by molar-refractivity contribution is 5.85. The van der Waals surface area contributed by atoms with E-state index in [1.807, 2.05) is 12.5 Å². The lowest BCUT2D eigenvalue weighted by atomic mass is 10.0. The molecule has 0 saturated carbocycles. The molecule has 3 rings (SSSR count). The Labute approximate surface area is 126 Å². The van der Waals surface area contributed by atoms with Crippen LogP contribution in [0.3, 0.4) is 0 Å². The first-order valence-corrected chi connectivity index (χ1v) is 6.21. The van der Waals surface area contributed by atoms with Crippen molar-refractivity contribution in [3.05, 3.63) is 49.1 Å². The van der Waals surface area contributed by atoms with E-state index in [-0.39, 0.29) is 24.8 Å². The van der Waals surface area contributed by atoms with Crippen LogP contribution in [0.2, 0.25) is 0 Å². The number of hydrogen-bond acceptors (Lipinski definition) is 2. The van der Waals surface area contributed by atoms with Crippen LogP contribution in [0.4, 0.5) is 5.69 Å². The molecule has 0 N–H and O–H groups in total. The molecule has 0 atom stereocenters. The molecule has 19 heavy (non-hydrogen) atoms. The van der Waals surface area contributed by atoms with Crippen molar-refractivity contribution in [3.8, 4) is 0 Å². The van der Waals surface area contributed by atoms with Gasteiger partial charge in [-0.2, -0.15) is 0 Å². The number of benzene rings is 1. The van der Waals surface area contributed by atoms with E-state index in [0.29, 0.717) is 6.04 Å². The Kier molecular flexibility index (Phi) is 6.19. The van der Waals surface area contributed by atoms with Crippen LogP contribution in [0.15, 0.2) is 49.1 Å². The fourth-order valence-corrected chi connectivity index (χ4v) is 2.55. The third-order valence-electron chi connectivity index (χ3n) is 3.53. The molecule has 0 unspecified atom stereocenters. The predicted molar refractivity (Wildman–Crippen MR) is 83.6 cm³/mol. The van der Waals surface area contributed by atoms with E-state index < -0.39 is 0 Å². The molecule has 1 aromatic heterocycles. The number of halogens is 2. The summed E-state index contributed by atoms with van der Waals surface area (Å²) in [5.41, 5.74) is 1.34. The number of rotatable bonds is 2. The minimum absolute atomic E-state index is 0. The Bertz CT molecular complexity index is 451. The molecular weight excluding hydrogens is 281 g/mol. The zero-order valence-electron chi connectivity index (χ0n) is 10.7. The van der Waals surface area contributed by atoms with Crippen molar-refractivity contribution in [1.29, 1.82) is 0 Å². The van der Waals surface area contributed by atoms with E-state index in [2.05, 4.69) is 51.0 Å². The molecule has 0 amide bonds. The molecule has 1 aliphatic heterocycles. The van der Waals surface area contributed by atoms with Crippen LogP contribution in [-0.2, 0) is 0 Å². The van der Waals surface area contributed by atoms with Crippen LogP contribution in [0.1, 0.15) is 18.9 Å². The van der Waals surface area contributed by atoms with Crippen molar-refractivity contribution in [2.75, 3.05) is 18.0 Å². The number of piperidine rings is 1. The summed E-state index contributed by atoms with van der Waals surface area (Å²) in [6.45, 7) is 2.26. The second-order valence-corrected chi connectivity index (χ2v) is 4.56. The second kappa shape index (κ2) is 7.41. The van der Waals surface area contributed by atoms with Crippen LogP contribution in [0.25, 0.3) is 0 Å². The summed E-state index contributed by atoms with van der Waals surface area (Å²) >= 11 is 0. The van der Waals surface area contributed by atoms with Crippen LogP contribution in [0, 0.1) is 0 Å². The molecular formula is C14H19Cl2N3. The van der Waals surface area contributed by atoms with Crippen molar-refractivity contribution >= 4 is 30.5 Å². The lowest BCUT2D eigenvalue weighted by Crippen LogP contribution is -2.34. The van der Waals surface area contributed by atoms with Gasteiger partial charge in [-0.3, -0.25) is 0 Å². The molecule has 1 aromatic carbocycles. The van der Waals surface area contributed by atoms with Gasteiger partial charge in [-0.1, -0.05) is 18.2 Å². The molecule has 0 aliphatic carbocycles. The normalized spacial score (nSPS) is 15.5. The first-order chi connectivity index (χ1) is 8.43. The Morgan fingerprint density at radius 1 is 1.00 bits per heavy atom. The summed E-state index contributed by atoms with van der Waals surface area (Å²) in [7, 11) is 0. The van der Waals surface area contributed by atoms with Crippen molar-refractivity contribution in [3.63, 3.8) is 0 Å². The SMILES string of the molecule is Cl.Cl.c1ccc(N2CCC(n3ccnc3)CC2)cc1. The zero-order chi connectivity index (χ0) is 11.5. The average molecular weight is 300 g/mol. The molecule has 104 valence electrons. The Morgan fingerprint density at radius 2 is 1.68 bits per heavy atom. The number of anilines is 1. The van der Waals surface area contributed by atoms with Gasteiger partial charge in [-0.25, -0.2) is 4.98 Å². The predicted octanol–water partition coefficient (Wildman–Crippen LogP) is 3.57. The number of imidazole rings is 1. The lowest BCUT2D eigenvalue weighted by Gasteiger charge is -2.34. The standard InChI is InChI=1S/C14H17N3.2ClH/c1-2-4-13(5-3-1)16-9-6-14(7-10-16)17-11-8-15-12-17;;/h1-5,8,11-12,14H,6-7,9-10H2;2*1H. The number of aromatic nitrogens is 2. The monoisotopic (exact) mass is 299 g/mol. The Morgan fingerprint density at radius 3 is 2.26 bits per heavy atom. The van der Waals surface area contributed by atoms with E-state index in [1.165, 1.54) is 18.5 Å². The van der Waals surface area contributed by atoms with Crippen LogP contribution in [0.5, 0.6) is 0 Å². The maximum Gasteiger partial charge on any atom is 0.0948 e. The van der Waals surface area contributed by atoms with Gasteiger partial charge in [0.25, 0.3) is 0 Å². The van der Waals surface area contributed by atoms with E-state index in [9.17, 15) is 0 Å². The van der Waals surface area contributed by atoms with Gasteiger partial charge in [0.05, 0.1) is 6.33 Å². The van der Waals surface area contributed by atoms with Gasteiger partial charge < -0.3 is 9.47 Å². The van der Waals surface area contributed by atoms with Crippen LogP contribution >= 0.6 is 24.8 Å². The summed E-state index contributed by atoms with van der Waals surface area (Å²) in [4.78, 5) is 6.59. The van der Waals surface area contributed by atoms with Crippen molar-refractivity contribution < 1.29 is 0 Å². The minimum Gasteiger partial charge on any atom is -0.371 e. The van der Waals surface area contributed by atoms with Gasteiger partial charge in [0, 0.05) is 37.2 Å². The minimum atomic E-state index is 0. The summed E-state index contributed by atoms with van der Waals surface area (Å²) in [5.74, 6) is 0. The highest BCUT2D eigenvalue weighted by Crippen LogP contribution is 2.25. The highest BCUT2D eigenvalue weighted by atomic mass is 35.5. The van der Waals surface area contributed by atoms with Gasteiger partial charge in [-0.15, -0.1) is 24.8 Å². The lowest BCUT2D eigenvalue weighted by molar-refractivity contribution is 0.396. The van der Waals surface area contributed by atoms with E-state index in [4.69, 9.17) is 0 Å². The average Bonchev–Trinajstić information content (AvgIpc) is 2.94. The fraction of sp³-hybridized carbons (Fsp3) is 0.357. The fourth-order valence-electron chi connectivity index (χ4n) is 2.55. The molecule has 1 aliphatic rings. The highest BCUT2D eigenvalue weighted by Gasteiger charge is 2.19. The van der Waals surface area contributed by atoms with Gasteiger partial charge in [0.15, 0.2) is 0 Å². The maximum absolute atomic E-state index is 4.12. The number of para-hydroxylation sites is 1. The molecule has 2 aromatic rings. The van der Waals surface area contributed by atoms with E-state index in [1.54, 1.807) is 0 Å². The maximum atomic E-state index is 4.12. The van der Waals surface area contributed by atoms with Crippen molar-refractivity contribution in [1.82, 2.24) is 9.55 Å². The molecule has 0 bridgehead atoms. The number of hydrogen-bond donors (Lipinski definition) is 0. The zero-order valence-corrected chi connectivity index (χ0v) is 12.3. The largest absolute Gasteiger partial charge is 0.371 e. The quantitative estimate of drug-likeness (QED) is 0.845. The summed E-state index contributed by atoms with van der Waals surface area (Å²) in [6.07, 6.45) is 8.27. The van der Waals surface area contributed by atoms with Gasteiger partial charge in [0.1, 0.15) is 0 Å². The van der Waals surface area contributed by atoms with E-state index in [0.717, 1.165) is 13.1 Å². The van der Waals surface area contributed by atoms with Gasteiger partial charge in [-0.05, 0) is 25.0 Å². The Balaban J connectivity index is 0.000000902. The molecule has 1 saturated heterocycles. The Hall–Kier alpha value is -1.19. The molecule has 0 spiro atoms. The summed E-state index contributed by atoms with van der Waals surface area (Å²) < 4.78 is 2.24. The summed E-state index contributed by atoms with van der Waals surface area (Å²) in [5, 5.41) is 0. The first kappa shape index (κ1) is 15.9. The first-order valence-electron chi connectivity index (χ1n) is 6.21. The topological polar surface area (TPSA) is 21.1 Å². The molecule has 1 fully saturated rings. The third-order valence-corrected chi connectivity index (χ3v) is 3.53. The third kappa shape index (κ3) is 3.64. The molecule has 3 nitrogen and oxygen atoms in total. The molecule has 5 heteroatoms. The van der Waals surface area contributed by atoms with Crippen molar-refractivity contribution in [2.24, 2.45) is 0 Å². The smallest absolute Gasteiger partial charge is 0.0948 e. The van der Waals surface area contributed by atoms with E-state index >= 15 is 0 Å². The molecule has 0 radical (unpaired) electrons. The van der Waals surface area contributed by atoms with Gasteiger partial charge >= 0.3 is 0 Å². The number of nitrogens with zero attached hydrogens (tertiary/aromatic N) is 3. The second-order valence-electron chi connectivity index (χ2n) is 4.56. The molecule has 2 heterocycles.